The van der Waals surface area contributed by atoms with Gasteiger partial charge < -0.3 is 10.1 Å². The Morgan fingerprint density at radius 1 is 0.897 bits per heavy atom. The van der Waals surface area contributed by atoms with Crippen LogP contribution in [0, 0.1) is 11.6 Å². The van der Waals surface area contributed by atoms with Gasteiger partial charge >= 0.3 is 5.97 Å². The average molecular weight is 395 g/mol. The van der Waals surface area contributed by atoms with E-state index in [1.54, 1.807) is 0 Å². The first-order valence-corrected chi connectivity index (χ1v) is 8.96. The number of hydrogen-bond donors (Lipinski definition) is 1. The van der Waals surface area contributed by atoms with E-state index >= 15 is 0 Å². The lowest BCUT2D eigenvalue weighted by Gasteiger charge is -2.17. The molecule has 4 nitrogen and oxygen atoms in total. The molecule has 0 radical (unpaired) electrons. The van der Waals surface area contributed by atoms with Gasteiger partial charge in [0.1, 0.15) is 6.04 Å². The second kappa shape index (κ2) is 9.10. The third kappa shape index (κ3) is 4.85. The first-order chi connectivity index (χ1) is 14.0. The lowest BCUT2D eigenvalue weighted by atomic mass is 10.0. The normalized spacial score (nSPS) is 11.6. The van der Waals surface area contributed by atoms with Crippen LogP contribution in [0.25, 0.3) is 11.1 Å². The summed E-state index contributed by atoms with van der Waals surface area (Å²) in [5.74, 6) is -3.97. The minimum atomic E-state index is -1.26. The topological polar surface area (TPSA) is 55.4 Å². The summed E-state index contributed by atoms with van der Waals surface area (Å²) in [7, 11) is 1.20. The molecule has 0 bridgehead atoms. The summed E-state index contributed by atoms with van der Waals surface area (Å²) in [5, 5.41) is 2.43. The molecule has 3 rings (SSSR count). The average Bonchev–Trinajstić information content (AvgIpc) is 2.75. The highest BCUT2D eigenvalue weighted by Gasteiger charge is 2.24. The van der Waals surface area contributed by atoms with Gasteiger partial charge in [0.15, 0.2) is 11.6 Å². The summed E-state index contributed by atoms with van der Waals surface area (Å²) in [6.45, 7) is 0. The summed E-state index contributed by atoms with van der Waals surface area (Å²) in [5.41, 5.74) is 2.37. The summed E-state index contributed by atoms with van der Waals surface area (Å²) in [6.07, 6.45) is 0.143. The number of ether oxygens (including phenoxy) is 1. The van der Waals surface area contributed by atoms with Crippen LogP contribution in [0.4, 0.5) is 8.78 Å². The molecule has 148 valence electrons. The van der Waals surface area contributed by atoms with E-state index in [-0.39, 0.29) is 6.42 Å². The van der Waals surface area contributed by atoms with Gasteiger partial charge in [0.25, 0.3) is 5.91 Å². The van der Waals surface area contributed by atoms with Crippen LogP contribution in [0.15, 0.2) is 72.8 Å². The number of esters is 1. The van der Waals surface area contributed by atoms with Gasteiger partial charge in [0.2, 0.25) is 0 Å². The molecular weight excluding hydrogens is 376 g/mol. The number of methoxy groups -OCH3 is 1. The van der Waals surface area contributed by atoms with E-state index < -0.39 is 35.1 Å². The van der Waals surface area contributed by atoms with Crippen molar-refractivity contribution < 1.29 is 23.1 Å². The fourth-order valence-electron chi connectivity index (χ4n) is 2.95. The van der Waals surface area contributed by atoms with Gasteiger partial charge in [-0.05, 0) is 28.8 Å². The monoisotopic (exact) mass is 395 g/mol. The molecule has 6 heteroatoms. The Kier molecular flexibility index (Phi) is 6.34. The molecule has 0 saturated heterocycles. The molecule has 0 aliphatic heterocycles. The lowest BCUT2D eigenvalue weighted by molar-refractivity contribution is -0.142. The Labute approximate surface area is 167 Å². The molecule has 1 N–H and O–H groups in total. The van der Waals surface area contributed by atoms with Crippen LogP contribution in [-0.2, 0) is 16.0 Å². The van der Waals surface area contributed by atoms with E-state index in [4.69, 9.17) is 4.74 Å². The first-order valence-electron chi connectivity index (χ1n) is 8.96. The fraction of sp³-hybridized carbons (Fsp3) is 0.130. The van der Waals surface area contributed by atoms with Crippen LogP contribution in [-0.4, -0.2) is 25.0 Å². The number of nitrogens with one attached hydrogen (secondary N) is 1. The first kappa shape index (κ1) is 20.2. The number of carbonyl (C=O) groups is 2. The van der Waals surface area contributed by atoms with Gasteiger partial charge in [0.05, 0.1) is 12.7 Å². The van der Waals surface area contributed by atoms with Gasteiger partial charge in [-0.3, -0.25) is 4.79 Å². The molecule has 0 unspecified atom stereocenters. The second-order valence-electron chi connectivity index (χ2n) is 6.42. The van der Waals surface area contributed by atoms with Gasteiger partial charge in [-0.1, -0.05) is 60.7 Å². The maximum Gasteiger partial charge on any atom is 0.328 e. The molecule has 29 heavy (non-hydrogen) atoms. The minimum absolute atomic E-state index is 0.143. The fourth-order valence-corrected chi connectivity index (χ4v) is 2.95. The predicted octanol–water partition coefficient (Wildman–Crippen LogP) is 4.15. The smallest absolute Gasteiger partial charge is 0.328 e. The van der Waals surface area contributed by atoms with Crippen molar-refractivity contribution in [3.05, 3.63) is 95.6 Å². The summed E-state index contributed by atoms with van der Waals surface area (Å²) in [4.78, 5) is 24.5. The Hall–Kier alpha value is -3.54. The van der Waals surface area contributed by atoms with Crippen LogP contribution in [0.2, 0.25) is 0 Å². The highest BCUT2D eigenvalue weighted by molar-refractivity contribution is 5.97. The summed E-state index contributed by atoms with van der Waals surface area (Å²) >= 11 is 0. The highest BCUT2D eigenvalue weighted by Crippen LogP contribution is 2.20. The molecule has 0 fully saturated rings. The van der Waals surface area contributed by atoms with E-state index in [1.807, 2.05) is 54.6 Å². The molecule has 3 aromatic rings. The Balaban J connectivity index is 1.76. The molecule has 0 aliphatic rings. The van der Waals surface area contributed by atoms with Crippen molar-refractivity contribution in [2.24, 2.45) is 0 Å². The molecule has 0 aliphatic carbocycles. The van der Waals surface area contributed by atoms with Crippen molar-refractivity contribution in [3.63, 3.8) is 0 Å². The summed E-state index contributed by atoms with van der Waals surface area (Å²) in [6, 6.07) is 19.5. The second-order valence-corrected chi connectivity index (χ2v) is 6.42. The zero-order valence-corrected chi connectivity index (χ0v) is 15.7. The van der Waals surface area contributed by atoms with E-state index in [0.717, 1.165) is 28.8 Å². The van der Waals surface area contributed by atoms with Gasteiger partial charge in [-0.15, -0.1) is 0 Å². The van der Waals surface area contributed by atoms with Crippen molar-refractivity contribution in [3.8, 4) is 11.1 Å². The standard InChI is InChI=1S/C23H19F2NO3/c1-29-23(28)20(26-22(27)18-8-5-9-19(24)21(18)25)14-15-10-12-17(13-11-15)16-6-3-2-4-7-16/h2-13,20H,14H2,1H3,(H,26,27)/t20-/m0/s1. The van der Waals surface area contributed by atoms with Crippen LogP contribution in [0.1, 0.15) is 15.9 Å². The third-order valence-electron chi connectivity index (χ3n) is 4.49. The molecule has 0 aromatic heterocycles. The van der Waals surface area contributed by atoms with E-state index in [9.17, 15) is 18.4 Å². The van der Waals surface area contributed by atoms with Crippen molar-refractivity contribution >= 4 is 11.9 Å². The lowest BCUT2D eigenvalue weighted by Crippen LogP contribution is -2.43. The van der Waals surface area contributed by atoms with Crippen LogP contribution in [0.3, 0.4) is 0 Å². The van der Waals surface area contributed by atoms with Crippen LogP contribution < -0.4 is 5.32 Å². The predicted molar refractivity (Wildman–Crippen MR) is 105 cm³/mol. The van der Waals surface area contributed by atoms with Crippen LogP contribution >= 0.6 is 0 Å². The highest BCUT2D eigenvalue weighted by atomic mass is 19.2. The van der Waals surface area contributed by atoms with Gasteiger partial charge in [-0.2, -0.15) is 0 Å². The van der Waals surface area contributed by atoms with Crippen molar-refractivity contribution in [2.75, 3.05) is 7.11 Å². The Morgan fingerprint density at radius 2 is 1.55 bits per heavy atom. The number of amides is 1. The van der Waals surface area contributed by atoms with E-state index in [2.05, 4.69) is 5.32 Å². The largest absolute Gasteiger partial charge is 0.467 e. The van der Waals surface area contributed by atoms with Crippen molar-refractivity contribution in [1.82, 2.24) is 5.32 Å². The number of carbonyl (C=O) groups excluding carboxylic acids is 2. The van der Waals surface area contributed by atoms with Crippen LogP contribution in [0.5, 0.6) is 0 Å². The molecule has 0 heterocycles. The SMILES string of the molecule is COC(=O)[C@H](Cc1ccc(-c2ccccc2)cc1)NC(=O)c1cccc(F)c1F. The van der Waals surface area contributed by atoms with Gasteiger partial charge in [0, 0.05) is 6.42 Å². The van der Waals surface area contributed by atoms with Crippen molar-refractivity contribution in [1.29, 1.82) is 0 Å². The maximum absolute atomic E-state index is 13.9. The van der Waals surface area contributed by atoms with E-state index in [0.29, 0.717) is 0 Å². The Bertz CT molecular complexity index is 1000. The number of benzene rings is 3. The number of halogens is 2. The quantitative estimate of drug-likeness (QED) is 0.638. The maximum atomic E-state index is 13.9. The third-order valence-corrected chi connectivity index (χ3v) is 4.49. The number of rotatable bonds is 6. The minimum Gasteiger partial charge on any atom is -0.467 e. The summed E-state index contributed by atoms with van der Waals surface area (Å²) < 4.78 is 32.0. The molecular formula is C23H19F2NO3. The molecule has 3 aromatic carbocycles. The van der Waals surface area contributed by atoms with Gasteiger partial charge in [-0.25, -0.2) is 13.6 Å². The molecule has 1 amide bonds. The molecule has 0 saturated carbocycles. The zero-order chi connectivity index (χ0) is 20.8. The Morgan fingerprint density at radius 3 is 2.21 bits per heavy atom. The number of hydrogen-bond acceptors (Lipinski definition) is 3. The van der Waals surface area contributed by atoms with Crippen molar-refractivity contribution in [2.45, 2.75) is 12.5 Å². The zero-order valence-electron chi connectivity index (χ0n) is 15.7. The molecule has 0 spiro atoms. The van der Waals surface area contributed by atoms with E-state index in [1.165, 1.54) is 13.2 Å². The molecule has 1 atom stereocenters.